The number of esters is 1. The molecule has 0 aromatic heterocycles. The summed E-state index contributed by atoms with van der Waals surface area (Å²) >= 11 is 1.97. The zero-order valence-corrected chi connectivity index (χ0v) is 12.6. The van der Waals surface area contributed by atoms with Gasteiger partial charge in [-0.15, -0.1) is 0 Å². The fraction of sp³-hybridized carbons (Fsp3) is 0.300. The van der Waals surface area contributed by atoms with Crippen LogP contribution in [-0.2, 0) is 4.74 Å². The lowest BCUT2D eigenvalue weighted by Gasteiger charge is -2.04. The topological polar surface area (TPSA) is 26.3 Å². The number of carbonyl (C=O) groups is 1. The molecule has 0 atom stereocenters. The van der Waals surface area contributed by atoms with Gasteiger partial charge in [0.25, 0.3) is 0 Å². The second-order valence-corrected chi connectivity index (χ2v) is 5.39. The van der Waals surface area contributed by atoms with Crippen molar-refractivity contribution < 1.29 is 13.9 Å². The molecule has 0 aliphatic rings. The van der Waals surface area contributed by atoms with Crippen LogP contribution in [0.5, 0.6) is 0 Å². The summed E-state index contributed by atoms with van der Waals surface area (Å²) in [5.74, 6) is -0.848. The van der Waals surface area contributed by atoms with Crippen LogP contribution in [0.25, 0.3) is 0 Å². The minimum Gasteiger partial charge on any atom is -0.462 e. The van der Waals surface area contributed by atoms with Crippen molar-refractivity contribution in [3.8, 4) is 0 Å². The summed E-state index contributed by atoms with van der Waals surface area (Å²) in [5.41, 5.74) is 0.285. The van der Waals surface area contributed by atoms with Crippen molar-refractivity contribution in [1.82, 2.24) is 0 Å². The van der Waals surface area contributed by atoms with Crippen LogP contribution in [0.4, 0.5) is 4.39 Å². The average Bonchev–Trinajstić information content (AvgIpc) is 2.16. The summed E-state index contributed by atoms with van der Waals surface area (Å²) in [5, 5.41) is 0. The first-order valence-electron chi connectivity index (χ1n) is 4.76. The number of hydrogen-bond acceptors (Lipinski definition) is 2. The molecule has 1 aromatic carbocycles. The van der Waals surface area contributed by atoms with Gasteiger partial charge in [-0.1, -0.05) is 6.04 Å². The molecule has 1 aromatic rings. The molecule has 0 unspecified atom stereocenters. The number of ether oxygens (including phenoxy) is 1. The molecule has 82 valence electrons. The SMILES string of the molecule is O=C(OCCC[SiH3])c1cc(F)cc(I)c1. The number of rotatable bonds is 4. The second-order valence-electron chi connectivity index (χ2n) is 3.15. The normalized spacial score (nSPS) is 10.3. The van der Waals surface area contributed by atoms with E-state index in [4.69, 9.17) is 4.74 Å². The first-order valence-corrected chi connectivity index (χ1v) is 7.26. The highest BCUT2D eigenvalue weighted by molar-refractivity contribution is 14.1. The lowest BCUT2D eigenvalue weighted by molar-refractivity contribution is 0.0504. The van der Waals surface area contributed by atoms with Gasteiger partial charge in [0.1, 0.15) is 5.82 Å². The van der Waals surface area contributed by atoms with Gasteiger partial charge < -0.3 is 4.74 Å². The minimum absolute atomic E-state index is 0.285. The van der Waals surface area contributed by atoms with Gasteiger partial charge in [0.2, 0.25) is 0 Å². The van der Waals surface area contributed by atoms with Crippen LogP contribution in [0.2, 0.25) is 6.04 Å². The molecule has 0 saturated heterocycles. The molecule has 0 amide bonds. The molecule has 0 saturated carbocycles. The third kappa shape index (κ3) is 4.29. The third-order valence-electron chi connectivity index (χ3n) is 1.83. The zero-order chi connectivity index (χ0) is 11.3. The minimum atomic E-state index is -0.442. The quantitative estimate of drug-likeness (QED) is 0.362. The molecule has 1 rings (SSSR count). The Morgan fingerprint density at radius 1 is 1.47 bits per heavy atom. The molecule has 2 nitrogen and oxygen atoms in total. The highest BCUT2D eigenvalue weighted by atomic mass is 127. The van der Waals surface area contributed by atoms with Crippen LogP contribution in [0, 0.1) is 9.39 Å². The maximum absolute atomic E-state index is 13.0. The van der Waals surface area contributed by atoms with Gasteiger partial charge in [-0.2, -0.15) is 0 Å². The fourth-order valence-corrected chi connectivity index (χ4v) is 1.99. The predicted octanol–water partition coefficient (Wildman–Crippen LogP) is 1.76. The van der Waals surface area contributed by atoms with Crippen LogP contribution in [0.1, 0.15) is 16.8 Å². The Hall–Kier alpha value is -0.433. The summed E-state index contributed by atoms with van der Waals surface area (Å²) in [6.45, 7) is 0.426. The first-order chi connectivity index (χ1) is 7.13. The van der Waals surface area contributed by atoms with Crippen molar-refractivity contribution in [2.45, 2.75) is 12.5 Å². The second kappa shape index (κ2) is 6.22. The van der Waals surface area contributed by atoms with E-state index in [2.05, 4.69) is 0 Å². The van der Waals surface area contributed by atoms with E-state index in [1.165, 1.54) is 12.1 Å². The summed E-state index contributed by atoms with van der Waals surface area (Å²) in [6, 6.07) is 5.29. The molecule has 15 heavy (non-hydrogen) atoms. The Bertz CT molecular complexity index is 337. The Labute approximate surface area is 105 Å². The molecule has 0 N–H and O–H groups in total. The van der Waals surface area contributed by atoms with Gasteiger partial charge in [0.05, 0.1) is 12.2 Å². The van der Waals surface area contributed by atoms with Gasteiger partial charge >= 0.3 is 5.97 Å². The van der Waals surface area contributed by atoms with Crippen molar-refractivity contribution in [2.24, 2.45) is 0 Å². The molecular formula is C10H12FIO2Si. The maximum Gasteiger partial charge on any atom is 0.338 e. The molecule has 5 heteroatoms. The smallest absolute Gasteiger partial charge is 0.338 e. The maximum atomic E-state index is 13.0. The van der Waals surface area contributed by atoms with Gasteiger partial charge in [-0.25, -0.2) is 9.18 Å². The Balaban J connectivity index is 2.65. The largest absolute Gasteiger partial charge is 0.462 e. The van der Waals surface area contributed by atoms with E-state index in [1.807, 2.05) is 22.6 Å². The number of hydrogen-bond donors (Lipinski definition) is 0. The summed E-state index contributed by atoms with van der Waals surface area (Å²) in [4.78, 5) is 11.4. The van der Waals surface area contributed by atoms with E-state index in [1.54, 1.807) is 6.07 Å². The van der Waals surface area contributed by atoms with Crippen molar-refractivity contribution in [3.63, 3.8) is 0 Å². The van der Waals surface area contributed by atoms with Gasteiger partial charge in [-0.3, -0.25) is 0 Å². The Morgan fingerprint density at radius 3 is 2.80 bits per heavy atom. The predicted molar refractivity (Wildman–Crippen MR) is 68.8 cm³/mol. The lowest BCUT2D eigenvalue weighted by Crippen LogP contribution is -2.07. The van der Waals surface area contributed by atoms with E-state index < -0.39 is 11.8 Å². The van der Waals surface area contributed by atoms with Crippen molar-refractivity contribution >= 4 is 38.8 Å². The van der Waals surface area contributed by atoms with E-state index in [0.29, 0.717) is 10.2 Å². The van der Waals surface area contributed by atoms with E-state index in [0.717, 1.165) is 22.7 Å². The van der Waals surface area contributed by atoms with E-state index in [-0.39, 0.29) is 5.56 Å². The van der Waals surface area contributed by atoms with Crippen molar-refractivity contribution in [2.75, 3.05) is 6.61 Å². The Kier molecular flexibility index (Phi) is 5.24. The van der Waals surface area contributed by atoms with Crippen LogP contribution < -0.4 is 0 Å². The number of carbonyl (C=O) groups excluding carboxylic acids is 1. The number of halogens is 2. The highest BCUT2D eigenvalue weighted by Crippen LogP contribution is 2.12. The van der Waals surface area contributed by atoms with Gasteiger partial charge in [0.15, 0.2) is 0 Å². The van der Waals surface area contributed by atoms with Crippen LogP contribution in [0.15, 0.2) is 18.2 Å². The summed E-state index contributed by atoms with van der Waals surface area (Å²) in [7, 11) is 1.11. The lowest BCUT2D eigenvalue weighted by atomic mass is 10.2. The van der Waals surface area contributed by atoms with Crippen LogP contribution in [0.3, 0.4) is 0 Å². The van der Waals surface area contributed by atoms with Crippen molar-refractivity contribution in [1.29, 1.82) is 0 Å². The van der Waals surface area contributed by atoms with Gasteiger partial charge in [0, 0.05) is 13.8 Å². The monoisotopic (exact) mass is 338 g/mol. The molecule has 0 radical (unpaired) electrons. The zero-order valence-electron chi connectivity index (χ0n) is 8.43. The number of benzene rings is 1. The summed E-state index contributed by atoms with van der Waals surface area (Å²) in [6.07, 6.45) is 0.893. The molecule has 0 spiro atoms. The molecule has 0 fully saturated rings. The average molecular weight is 338 g/mol. The fourth-order valence-electron chi connectivity index (χ4n) is 1.06. The van der Waals surface area contributed by atoms with Gasteiger partial charge in [-0.05, 0) is 47.2 Å². The van der Waals surface area contributed by atoms with Crippen LogP contribution in [-0.4, -0.2) is 22.8 Å². The molecule has 0 aliphatic carbocycles. The highest BCUT2D eigenvalue weighted by Gasteiger charge is 2.09. The summed E-state index contributed by atoms with van der Waals surface area (Å²) < 4.78 is 18.7. The van der Waals surface area contributed by atoms with Crippen molar-refractivity contribution in [3.05, 3.63) is 33.1 Å². The van der Waals surface area contributed by atoms with E-state index >= 15 is 0 Å². The molecular weight excluding hydrogens is 326 g/mol. The molecule has 0 bridgehead atoms. The molecule has 0 heterocycles. The van der Waals surface area contributed by atoms with E-state index in [9.17, 15) is 9.18 Å². The van der Waals surface area contributed by atoms with Crippen LogP contribution >= 0.6 is 22.6 Å². The standard InChI is InChI=1S/C10H12FIO2Si/c11-8-4-7(5-9(12)6-8)10(13)14-2-1-3-15/h4-6H,1-3H2,15H3. The third-order valence-corrected chi connectivity index (χ3v) is 3.16. The molecule has 0 aliphatic heterocycles. The first kappa shape index (κ1) is 12.6. The Morgan fingerprint density at radius 2 is 2.20 bits per heavy atom.